The Balaban J connectivity index is 2.62. The third kappa shape index (κ3) is 3.78. The van der Waals surface area contributed by atoms with E-state index >= 15 is 0 Å². The lowest BCUT2D eigenvalue weighted by atomic mass is 10.2. The van der Waals surface area contributed by atoms with Gasteiger partial charge in [0.25, 0.3) is 0 Å². The summed E-state index contributed by atoms with van der Waals surface area (Å²) in [5.41, 5.74) is 0.149. The topological polar surface area (TPSA) is 89.5 Å². The number of hydrogen-bond acceptors (Lipinski definition) is 4. The molecule has 0 atom stereocenters. The molecular weight excluding hydrogens is 234 g/mol. The lowest BCUT2D eigenvalue weighted by molar-refractivity contribution is -0.305. The van der Waals surface area contributed by atoms with Gasteiger partial charge in [0.1, 0.15) is 5.75 Å². The highest BCUT2D eigenvalue weighted by Gasteiger charge is 2.06. The smallest absolute Gasteiger partial charge is 0.224 e. The number of hydrogen-bond donors (Lipinski definition) is 2. The Morgan fingerprint density at radius 3 is 2.69 bits per heavy atom. The molecular formula is C10H9ClNO4-. The fourth-order valence-electron chi connectivity index (χ4n) is 1.04. The summed E-state index contributed by atoms with van der Waals surface area (Å²) in [5.74, 6) is -1.96. The molecule has 0 saturated carbocycles. The van der Waals surface area contributed by atoms with Crippen LogP contribution in [0.5, 0.6) is 5.75 Å². The Hall–Kier alpha value is -1.75. The van der Waals surface area contributed by atoms with E-state index in [0.29, 0.717) is 5.02 Å². The molecule has 0 aliphatic rings. The van der Waals surface area contributed by atoms with Gasteiger partial charge in [-0.2, -0.15) is 0 Å². The van der Waals surface area contributed by atoms with E-state index < -0.39 is 11.9 Å². The van der Waals surface area contributed by atoms with Crippen LogP contribution in [0.25, 0.3) is 0 Å². The SMILES string of the molecule is O=C([O-])CCC(=O)Nc1cc(Cl)ccc1O. The molecule has 0 aromatic heterocycles. The summed E-state index contributed by atoms with van der Waals surface area (Å²) in [6.45, 7) is 0. The number of carbonyl (C=O) groups excluding carboxylic acids is 2. The van der Waals surface area contributed by atoms with Gasteiger partial charge in [0.05, 0.1) is 5.69 Å². The second-order valence-electron chi connectivity index (χ2n) is 3.08. The highest BCUT2D eigenvalue weighted by molar-refractivity contribution is 6.31. The van der Waals surface area contributed by atoms with E-state index in [4.69, 9.17) is 11.6 Å². The van der Waals surface area contributed by atoms with E-state index in [9.17, 15) is 19.8 Å². The summed E-state index contributed by atoms with van der Waals surface area (Å²) < 4.78 is 0. The van der Waals surface area contributed by atoms with Crippen molar-refractivity contribution in [3.8, 4) is 5.75 Å². The van der Waals surface area contributed by atoms with Crippen molar-refractivity contribution in [1.29, 1.82) is 0 Å². The fraction of sp³-hybridized carbons (Fsp3) is 0.200. The Labute approximate surface area is 96.7 Å². The number of carboxylic acids is 1. The first-order valence-corrected chi connectivity index (χ1v) is 4.85. The molecule has 1 aromatic carbocycles. The minimum Gasteiger partial charge on any atom is -0.550 e. The number of carbonyl (C=O) groups is 2. The normalized spacial score (nSPS) is 9.81. The Kier molecular flexibility index (Phi) is 4.13. The molecule has 0 saturated heterocycles. The molecule has 0 spiro atoms. The van der Waals surface area contributed by atoms with Gasteiger partial charge in [0, 0.05) is 17.4 Å². The van der Waals surface area contributed by atoms with Crippen LogP contribution in [-0.4, -0.2) is 17.0 Å². The molecule has 6 heteroatoms. The van der Waals surface area contributed by atoms with Gasteiger partial charge in [-0.15, -0.1) is 0 Å². The molecule has 2 N–H and O–H groups in total. The van der Waals surface area contributed by atoms with Crippen molar-refractivity contribution in [2.75, 3.05) is 5.32 Å². The van der Waals surface area contributed by atoms with Crippen molar-refractivity contribution in [2.45, 2.75) is 12.8 Å². The van der Waals surface area contributed by atoms with Crippen LogP contribution in [0.3, 0.4) is 0 Å². The van der Waals surface area contributed by atoms with E-state index in [1.807, 2.05) is 0 Å². The number of aromatic hydroxyl groups is 1. The van der Waals surface area contributed by atoms with Crippen LogP contribution >= 0.6 is 11.6 Å². The van der Waals surface area contributed by atoms with Crippen molar-refractivity contribution in [1.82, 2.24) is 0 Å². The van der Waals surface area contributed by atoms with Crippen LogP contribution in [0.4, 0.5) is 5.69 Å². The van der Waals surface area contributed by atoms with Gasteiger partial charge in [-0.25, -0.2) is 0 Å². The number of halogens is 1. The molecule has 0 fully saturated rings. The predicted octanol–water partition coefficient (Wildman–Crippen LogP) is 0.514. The average Bonchev–Trinajstić information content (AvgIpc) is 2.20. The first-order valence-electron chi connectivity index (χ1n) is 4.47. The third-order valence-corrected chi connectivity index (χ3v) is 2.02. The number of rotatable bonds is 4. The Bertz CT molecular complexity index is 419. The number of phenolic OH excluding ortho intramolecular Hbond substituents is 1. The fourth-order valence-corrected chi connectivity index (χ4v) is 1.21. The van der Waals surface area contributed by atoms with Crippen LogP contribution in [0.2, 0.25) is 5.02 Å². The lowest BCUT2D eigenvalue weighted by Crippen LogP contribution is -2.24. The van der Waals surface area contributed by atoms with Crippen molar-refractivity contribution in [2.24, 2.45) is 0 Å². The number of anilines is 1. The van der Waals surface area contributed by atoms with Gasteiger partial charge >= 0.3 is 0 Å². The van der Waals surface area contributed by atoms with Crippen LogP contribution in [0.15, 0.2) is 18.2 Å². The molecule has 16 heavy (non-hydrogen) atoms. The van der Waals surface area contributed by atoms with E-state index in [2.05, 4.69) is 5.32 Å². The quantitative estimate of drug-likeness (QED) is 0.753. The van der Waals surface area contributed by atoms with Crippen LogP contribution < -0.4 is 10.4 Å². The average molecular weight is 243 g/mol. The molecule has 0 heterocycles. The number of nitrogens with one attached hydrogen (secondary N) is 1. The summed E-state index contributed by atoms with van der Waals surface area (Å²) in [6, 6.07) is 4.16. The molecule has 1 aromatic rings. The van der Waals surface area contributed by atoms with Crippen LogP contribution in [-0.2, 0) is 9.59 Å². The van der Waals surface area contributed by atoms with Gasteiger partial charge < -0.3 is 20.3 Å². The zero-order chi connectivity index (χ0) is 12.1. The van der Waals surface area contributed by atoms with E-state index in [1.165, 1.54) is 18.2 Å². The lowest BCUT2D eigenvalue weighted by Gasteiger charge is -2.07. The maximum absolute atomic E-state index is 11.2. The monoisotopic (exact) mass is 242 g/mol. The van der Waals surface area contributed by atoms with E-state index in [1.54, 1.807) is 0 Å². The molecule has 1 rings (SSSR count). The van der Waals surface area contributed by atoms with Gasteiger partial charge in [-0.05, 0) is 24.6 Å². The van der Waals surface area contributed by atoms with Crippen molar-refractivity contribution in [3.05, 3.63) is 23.2 Å². The number of aliphatic carboxylic acids is 1. The number of carboxylic acid groups (broad SMARTS) is 1. The Morgan fingerprint density at radius 2 is 2.06 bits per heavy atom. The second-order valence-corrected chi connectivity index (χ2v) is 3.52. The van der Waals surface area contributed by atoms with E-state index in [0.717, 1.165) is 0 Å². The summed E-state index contributed by atoms with van der Waals surface area (Å²) >= 11 is 5.66. The minimum absolute atomic E-state index is 0.133. The maximum atomic E-state index is 11.2. The molecule has 0 unspecified atom stereocenters. The summed E-state index contributed by atoms with van der Waals surface area (Å²) in [5, 5.41) is 22.2. The van der Waals surface area contributed by atoms with Gasteiger partial charge in [-0.1, -0.05) is 11.6 Å². The standard InChI is InChI=1S/C10H10ClNO4/c11-6-1-2-8(13)7(5-6)12-9(14)3-4-10(15)16/h1-2,5,13H,3-4H2,(H,12,14)(H,15,16)/p-1. The van der Waals surface area contributed by atoms with Crippen molar-refractivity contribution >= 4 is 29.2 Å². The second kappa shape index (κ2) is 5.37. The van der Waals surface area contributed by atoms with Crippen LogP contribution in [0, 0.1) is 0 Å². The highest BCUT2D eigenvalue weighted by Crippen LogP contribution is 2.26. The molecule has 1 amide bonds. The minimum atomic E-state index is -1.30. The Morgan fingerprint density at radius 1 is 1.38 bits per heavy atom. The molecule has 86 valence electrons. The number of benzene rings is 1. The number of amides is 1. The molecule has 0 aliphatic carbocycles. The zero-order valence-electron chi connectivity index (χ0n) is 8.20. The first-order chi connectivity index (χ1) is 7.49. The summed E-state index contributed by atoms with van der Waals surface area (Å²) in [4.78, 5) is 21.3. The van der Waals surface area contributed by atoms with Crippen molar-refractivity contribution < 1.29 is 19.8 Å². The van der Waals surface area contributed by atoms with Gasteiger partial charge in [0.2, 0.25) is 5.91 Å². The maximum Gasteiger partial charge on any atom is 0.224 e. The van der Waals surface area contributed by atoms with Crippen molar-refractivity contribution in [3.63, 3.8) is 0 Å². The molecule has 0 bridgehead atoms. The largest absolute Gasteiger partial charge is 0.550 e. The molecule has 0 radical (unpaired) electrons. The van der Waals surface area contributed by atoms with Gasteiger partial charge in [-0.3, -0.25) is 4.79 Å². The molecule has 0 aliphatic heterocycles. The first kappa shape index (κ1) is 12.3. The number of phenols is 1. The van der Waals surface area contributed by atoms with Crippen LogP contribution in [0.1, 0.15) is 12.8 Å². The summed E-state index contributed by atoms with van der Waals surface area (Å²) in [6.07, 6.45) is -0.582. The zero-order valence-corrected chi connectivity index (χ0v) is 8.95. The van der Waals surface area contributed by atoms with E-state index in [-0.39, 0.29) is 24.3 Å². The predicted molar refractivity (Wildman–Crippen MR) is 56.0 cm³/mol. The third-order valence-electron chi connectivity index (χ3n) is 1.79. The van der Waals surface area contributed by atoms with Gasteiger partial charge in [0.15, 0.2) is 0 Å². The summed E-state index contributed by atoms with van der Waals surface area (Å²) in [7, 11) is 0. The molecule has 5 nitrogen and oxygen atoms in total. The highest BCUT2D eigenvalue weighted by atomic mass is 35.5.